The summed E-state index contributed by atoms with van der Waals surface area (Å²) in [6.45, 7) is 2.31. The molecular weight excluding hydrogens is 338 g/mol. The fraction of sp³-hybridized carbons (Fsp3) is 0.417. The molecule has 4 nitrogen and oxygen atoms in total. The maximum atomic E-state index is 13.0. The lowest BCUT2D eigenvalue weighted by molar-refractivity contribution is -0.120. The minimum atomic E-state index is -0.444. The van der Waals surface area contributed by atoms with E-state index in [0.29, 0.717) is 16.8 Å². The average molecular weight is 354 g/mol. The summed E-state index contributed by atoms with van der Waals surface area (Å²) < 4.78 is 18.4. The highest BCUT2D eigenvalue weighted by molar-refractivity contribution is 9.10. The second-order valence-corrected chi connectivity index (χ2v) is 5.28. The van der Waals surface area contributed by atoms with Crippen molar-refractivity contribution in [1.29, 1.82) is 0 Å². The molecule has 1 aromatic rings. The molecule has 0 aromatic heterocycles. The highest BCUT2D eigenvalue weighted by Crippen LogP contribution is 2.31. The summed E-state index contributed by atoms with van der Waals surface area (Å²) in [5.74, 6) is -0.641. The molecule has 19 heavy (non-hydrogen) atoms. The van der Waals surface area contributed by atoms with E-state index in [9.17, 15) is 9.18 Å². The number of rotatable bonds is 6. The molecule has 7 heteroatoms. The van der Waals surface area contributed by atoms with Gasteiger partial charge in [-0.05, 0) is 35.0 Å². The Bertz CT molecular complexity index is 436. The third kappa shape index (κ3) is 5.34. The Hall–Kier alpha value is -0.850. The molecule has 1 aromatic carbocycles. The van der Waals surface area contributed by atoms with Crippen LogP contribution in [0.25, 0.3) is 0 Å². The van der Waals surface area contributed by atoms with Gasteiger partial charge in [0.1, 0.15) is 5.82 Å². The Morgan fingerprint density at radius 1 is 1.58 bits per heavy atom. The van der Waals surface area contributed by atoms with E-state index >= 15 is 0 Å². The molecule has 0 spiro atoms. The zero-order valence-electron chi connectivity index (χ0n) is 10.6. The number of carbonyl (C=O) groups excluding carboxylic acids is 1. The Balaban J connectivity index is 2.55. The number of nitrogens with one attached hydrogen (secondary N) is 2. The molecule has 0 aliphatic rings. The first-order chi connectivity index (χ1) is 8.93. The molecule has 106 valence electrons. The number of methoxy groups -OCH3 is 1. The molecule has 0 saturated carbocycles. The highest BCUT2D eigenvalue weighted by Gasteiger charge is 2.11. The van der Waals surface area contributed by atoms with Gasteiger partial charge in [-0.2, -0.15) is 0 Å². The average Bonchev–Trinajstić information content (AvgIpc) is 2.27. The molecule has 0 heterocycles. The number of ether oxygens (including phenoxy) is 1. The molecule has 0 saturated heterocycles. The molecule has 0 radical (unpaired) electrons. The van der Waals surface area contributed by atoms with Crippen molar-refractivity contribution in [2.75, 3.05) is 25.6 Å². The van der Waals surface area contributed by atoms with Gasteiger partial charge in [0.25, 0.3) is 0 Å². The van der Waals surface area contributed by atoms with Gasteiger partial charge in [0, 0.05) is 17.6 Å². The Morgan fingerprint density at radius 2 is 2.26 bits per heavy atom. The number of carbonyl (C=O) groups is 1. The lowest BCUT2D eigenvalue weighted by Crippen LogP contribution is -2.39. The second kappa shape index (κ2) is 7.67. The number of benzene rings is 1. The van der Waals surface area contributed by atoms with Crippen LogP contribution in [-0.2, 0) is 9.53 Å². The van der Waals surface area contributed by atoms with Gasteiger partial charge in [-0.15, -0.1) is 0 Å². The number of anilines is 1. The second-order valence-electron chi connectivity index (χ2n) is 4.02. The maximum absolute atomic E-state index is 13.0. The predicted molar refractivity (Wildman–Crippen MR) is 77.1 cm³/mol. The molecule has 1 unspecified atom stereocenters. The van der Waals surface area contributed by atoms with Crippen LogP contribution >= 0.6 is 27.5 Å². The van der Waals surface area contributed by atoms with Gasteiger partial charge >= 0.3 is 0 Å². The van der Waals surface area contributed by atoms with Crippen molar-refractivity contribution in [2.24, 2.45) is 0 Å². The van der Waals surface area contributed by atoms with E-state index in [1.54, 1.807) is 7.11 Å². The molecule has 1 amide bonds. The molecule has 1 atom stereocenters. The van der Waals surface area contributed by atoms with E-state index in [1.165, 1.54) is 12.1 Å². The van der Waals surface area contributed by atoms with E-state index in [2.05, 4.69) is 26.6 Å². The molecule has 0 aliphatic heterocycles. The summed E-state index contributed by atoms with van der Waals surface area (Å²) >= 11 is 9.07. The maximum Gasteiger partial charge on any atom is 0.239 e. The van der Waals surface area contributed by atoms with Crippen molar-refractivity contribution in [3.8, 4) is 0 Å². The zero-order valence-corrected chi connectivity index (χ0v) is 12.9. The number of hydrogen-bond acceptors (Lipinski definition) is 3. The molecule has 0 bridgehead atoms. The van der Waals surface area contributed by atoms with Crippen LogP contribution in [0.15, 0.2) is 16.6 Å². The quantitative estimate of drug-likeness (QED) is 0.827. The van der Waals surface area contributed by atoms with E-state index in [4.69, 9.17) is 16.3 Å². The van der Waals surface area contributed by atoms with Crippen molar-refractivity contribution < 1.29 is 13.9 Å². The fourth-order valence-electron chi connectivity index (χ4n) is 1.50. The van der Waals surface area contributed by atoms with E-state index in [1.807, 2.05) is 6.92 Å². The molecule has 0 fully saturated rings. The molecule has 0 aliphatic carbocycles. The fourth-order valence-corrected chi connectivity index (χ4v) is 2.46. The van der Waals surface area contributed by atoms with Crippen LogP contribution in [0.5, 0.6) is 0 Å². The third-order valence-electron chi connectivity index (χ3n) is 2.26. The van der Waals surface area contributed by atoms with Gasteiger partial charge in [-0.25, -0.2) is 4.39 Å². The molecule has 1 rings (SSSR count). The van der Waals surface area contributed by atoms with Crippen molar-refractivity contribution in [3.63, 3.8) is 0 Å². The van der Waals surface area contributed by atoms with Crippen LogP contribution in [0.3, 0.4) is 0 Å². The van der Waals surface area contributed by atoms with E-state index in [-0.39, 0.29) is 23.5 Å². The first-order valence-electron chi connectivity index (χ1n) is 5.60. The van der Waals surface area contributed by atoms with Gasteiger partial charge in [0.2, 0.25) is 5.91 Å². The van der Waals surface area contributed by atoms with Crippen molar-refractivity contribution >= 4 is 39.1 Å². The van der Waals surface area contributed by atoms with Gasteiger partial charge in [0.05, 0.1) is 23.9 Å². The van der Waals surface area contributed by atoms with Crippen LogP contribution in [0.2, 0.25) is 5.02 Å². The summed E-state index contributed by atoms with van der Waals surface area (Å²) in [6.07, 6.45) is 0. The Morgan fingerprint density at radius 3 is 2.84 bits per heavy atom. The largest absolute Gasteiger partial charge is 0.383 e. The van der Waals surface area contributed by atoms with Crippen molar-refractivity contribution in [2.45, 2.75) is 13.0 Å². The number of hydrogen-bond donors (Lipinski definition) is 2. The normalized spacial score (nSPS) is 12.1. The Labute approximate surface area is 124 Å². The SMILES string of the molecule is COCC(C)NC(=O)CNc1c(Cl)cc(F)cc1Br. The van der Waals surface area contributed by atoms with Crippen LogP contribution in [-0.4, -0.2) is 32.2 Å². The third-order valence-corrected chi connectivity index (χ3v) is 3.18. The van der Waals surface area contributed by atoms with Crippen LogP contribution < -0.4 is 10.6 Å². The predicted octanol–water partition coefficient (Wildman–Crippen LogP) is 2.80. The number of amides is 1. The van der Waals surface area contributed by atoms with Gasteiger partial charge in [0.15, 0.2) is 0 Å². The van der Waals surface area contributed by atoms with E-state index < -0.39 is 5.82 Å². The van der Waals surface area contributed by atoms with Crippen LogP contribution in [0.1, 0.15) is 6.92 Å². The highest BCUT2D eigenvalue weighted by atomic mass is 79.9. The van der Waals surface area contributed by atoms with Crippen molar-refractivity contribution in [3.05, 3.63) is 27.4 Å². The zero-order chi connectivity index (χ0) is 14.4. The topological polar surface area (TPSA) is 50.4 Å². The lowest BCUT2D eigenvalue weighted by Gasteiger charge is -2.14. The summed E-state index contributed by atoms with van der Waals surface area (Å²) in [6, 6.07) is 2.38. The molecular formula is C12H15BrClFN2O2. The number of halogens is 3. The van der Waals surface area contributed by atoms with E-state index in [0.717, 1.165) is 0 Å². The summed E-state index contributed by atoms with van der Waals surface area (Å²) in [4.78, 5) is 11.6. The Kier molecular flexibility index (Phi) is 6.54. The van der Waals surface area contributed by atoms with Gasteiger partial charge in [-0.3, -0.25) is 4.79 Å². The summed E-state index contributed by atoms with van der Waals surface area (Å²) in [5, 5.41) is 5.81. The monoisotopic (exact) mass is 352 g/mol. The standard InChI is InChI=1S/C12H15BrClFN2O2/c1-7(6-19-2)17-11(18)5-16-12-9(13)3-8(15)4-10(12)14/h3-4,7,16H,5-6H2,1-2H3,(H,17,18). The first kappa shape index (κ1) is 16.2. The van der Waals surface area contributed by atoms with Crippen LogP contribution in [0.4, 0.5) is 10.1 Å². The van der Waals surface area contributed by atoms with Crippen molar-refractivity contribution in [1.82, 2.24) is 5.32 Å². The van der Waals surface area contributed by atoms with Crippen LogP contribution in [0, 0.1) is 5.82 Å². The van der Waals surface area contributed by atoms with Gasteiger partial charge < -0.3 is 15.4 Å². The molecule has 2 N–H and O–H groups in total. The minimum absolute atomic E-state index is 0.0397. The first-order valence-corrected chi connectivity index (χ1v) is 6.78. The lowest BCUT2D eigenvalue weighted by atomic mass is 10.3. The smallest absolute Gasteiger partial charge is 0.239 e. The minimum Gasteiger partial charge on any atom is -0.383 e. The summed E-state index contributed by atoms with van der Waals surface area (Å²) in [5.41, 5.74) is 0.484. The van der Waals surface area contributed by atoms with Gasteiger partial charge in [-0.1, -0.05) is 11.6 Å². The summed E-state index contributed by atoms with van der Waals surface area (Å²) in [7, 11) is 1.57.